The summed E-state index contributed by atoms with van der Waals surface area (Å²) in [5.74, 6) is 0.971. The first-order chi connectivity index (χ1) is 10.2. The molecule has 0 aliphatic carbocycles. The van der Waals surface area contributed by atoms with Crippen molar-refractivity contribution in [1.29, 1.82) is 0 Å². The summed E-state index contributed by atoms with van der Waals surface area (Å²) < 4.78 is 0. The zero-order chi connectivity index (χ0) is 14.4. The van der Waals surface area contributed by atoms with Crippen LogP contribution in [0.25, 0.3) is 10.9 Å². The Bertz CT molecular complexity index is 819. The van der Waals surface area contributed by atoms with Gasteiger partial charge in [0, 0.05) is 24.2 Å². The molecule has 4 heteroatoms. The molecule has 0 spiro atoms. The Morgan fingerprint density at radius 2 is 1.95 bits per heavy atom. The number of H-pyrrole nitrogens is 1. The van der Waals surface area contributed by atoms with E-state index in [0.717, 1.165) is 30.8 Å². The highest BCUT2D eigenvalue weighted by molar-refractivity contribution is 5.91. The Morgan fingerprint density at radius 1 is 1.14 bits per heavy atom. The van der Waals surface area contributed by atoms with E-state index in [9.17, 15) is 0 Å². The number of benzene rings is 1. The van der Waals surface area contributed by atoms with Crippen molar-refractivity contribution in [3.63, 3.8) is 0 Å². The molecule has 1 aliphatic rings. The molecule has 0 fully saturated rings. The molecular weight excluding hydrogens is 260 g/mol. The average molecular weight is 278 g/mol. The lowest BCUT2D eigenvalue weighted by Crippen LogP contribution is -2.31. The Hall–Kier alpha value is -2.36. The minimum atomic E-state index is 0.904. The van der Waals surface area contributed by atoms with Crippen LogP contribution in [0.3, 0.4) is 0 Å². The van der Waals surface area contributed by atoms with Crippen LogP contribution in [-0.4, -0.2) is 21.7 Å². The largest absolute Gasteiger partial charge is 0.355 e. The van der Waals surface area contributed by atoms with E-state index < -0.39 is 0 Å². The summed E-state index contributed by atoms with van der Waals surface area (Å²) in [5, 5.41) is 9.79. The molecule has 4 rings (SSSR count). The van der Waals surface area contributed by atoms with Crippen LogP contribution in [0.5, 0.6) is 0 Å². The Balaban J connectivity index is 1.80. The number of fused-ring (bicyclic) bond motifs is 2. The molecule has 0 radical (unpaired) electrons. The Morgan fingerprint density at radius 3 is 2.81 bits per heavy atom. The van der Waals surface area contributed by atoms with Crippen LogP contribution in [0.2, 0.25) is 0 Å². The van der Waals surface area contributed by atoms with Gasteiger partial charge in [0.25, 0.3) is 0 Å². The second-order valence-corrected chi connectivity index (χ2v) is 5.77. The quantitative estimate of drug-likeness (QED) is 0.743. The summed E-state index contributed by atoms with van der Waals surface area (Å²) >= 11 is 0. The standard InChI is InChI=1S/C17H18N4/c1-11-12(2)19-16-15(11)9-18-20-17(16)21-8-7-13-5-3-4-6-14(13)10-21/h3-6,9,19H,7-8,10H2,1-2H3. The summed E-state index contributed by atoms with van der Waals surface area (Å²) in [6.45, 7) is 6.12. The predicted octanol–water partition coefficient (Wildman–Crippen LogP) is 3.14. The van der Waals surface area contributed by atoms with Crippen LogP contribution in [0.4, 0.5) is 5.82 Å². The molecule has 2 aromatic heterocycles. The maximum Gasteiger partial charge on any atom is 0.175 e. The zero-order valence-corrected chi connectivity index (χ0v) is 12.3. The molecule has 3 aromatic rings. The molecule has 0 amide bonds. The summed E-state index contributed by atoms with van der Waals surface area (Å²) in [6, 6.07) is 8.66. The van der Waals surface area contributed by atoms with Gasteiger partial charge in [-0.3, -0.25) is 0 Å². The maximum atomic E-state index is 4.40. The summed E-state index contributed by atoms with van der Waals surface area (Å²) in [6.07, 6.45) is 2.92. The van der Waals surface area contributed by atoms with Crippen molar-refractivity contribution in [3.8, 4) is 0 Å². The molecule has 0 saturated carbocycles. The van der Waals surface area contributed by atoms with Gasteiger partial charge in [0.15, 0.2) is 5.82 Å². The van der Waals surface area contributed by atoms with Crippen molar-refractivity contribution in [2.75, 3.05) is 11.4 Å². The van der Waals surface area contributed by atoms with E-state index in [0.29, 0.717) is 0 Å². The van der Waals surface area contributed by atoms with Crippen molar-refractivity contribution < 1.29 is 0 Å². The molecule has 1 aromatic carbocycles. The van der Waals surface area contributed by atoms with Crippen LogP contribution < -0.4 is 4.90 Å². The van der Waals surface area contributed by atoms with Crippen LogP contribution in [0, 0.1) is 13.8 Å². The molecule has 1 N–H and O–H groups in total. The van der Waals surface area contributed by atoms with Gasteiger partial charge in [-0.1, -0.05) is 24.3 Å². The summed E-state index contributed by atoms with van der Waals surface area (Å²) in [4.78, 5) is 5.80. The van der Waals surface area contributed by atoms with Crippen LogP contribution in [0.1, 0.15) is 22.4 Å². The van der Waals surface area contributed by atoms with Crippen LogP contribution in [-0.2, 0) is 13.0 Å². The lowest BCUT2D eigenvalue weighted by Gasteiger charge is -2.29. The minimum absolute atomic E-state index is 0.904. The van der Waals surface area contributed by atoms with Crippen molar-refractivity contribution in [2.45, 2.75) is 26.8 Å². The highest BCUT2D eigenvalue weighted by Gasteiger charge is 2.20. The van der Waals surface area contributed by atoms with E-state index in [-0.39, 0.29) is 0 Å². The number of nitrogens with one attached hydrogen (secondary N) is 1. The molecule has 1 aliphatic heterocycles. The number of rotatable bonds is 1. The lowest BCUT2D eigenvalue weighted by molar-refractivity contribution is 0.716. The molecule has 106 valence electrons. The molecular formula is C17H18N4. The van der Waals surface area contributed by atoms with Gasteiger partial charge in [-0.2, -0.15) is 5.10 Å². The van der Waals surface area contributed by atoms with E-state index in [1.165, 1.54) is 27.8 Å². The molecule has 0 bridgehead atoms. The van der Waals surface area contributed by atoms with Crippen molar-refractivity contribution >= 4 is 16.7 Å². The van der Waals surface area contributed by atoms with Gasteiger partial charge in [-0.25, -0.2) is 0 Å². The van der Waals surface area contributed by atoms with Crippen molar-refractivity contribution in [3.05, 3.63) is 52.8 Å². The number of hydrogen-bond donors (Lipinski definition) is 1. The Labute approximate surface area is 123 Å². The molecule has 0 unspecified atom stereocenters. The molecule has 4 nitrogen and oxygen atoms in total. The Kier molecular flexibility index (Phi) is 2.70. The third-order valence-corrected chi connectivity index (χ3v) is 4.54. The molecule has 0 atom stereocenters. The van der Waals surface area contributed by atoms with Gasteiger partial charge >= 0.3 is 0 Å². The topological polar surface area (TPSA) is 44.8 Å². The van der Waals surface area contributed by atoms with Crippen molar-refractivity contribution in [1.82, 2.24) is 15.2 Å². The SMILES string of the molecule is Cc1[nH]c2c(N3CCc4ccccc4C3)nncc2c1C. The number of anilines is 1. The first-order valence-electron chi connectivity index (χ1n) is 7.36. The zero-order valence-electron chi connectivity index (χ0n) is 12.3. The first kappa shape index (κ1) is 12.4. The summed E-state index contributed by atoms with van der Waals surface area (Å²) in [7, 11) is 0. The van der Waals surface area contributed by atoms with Gasteiger partial charge in [-0.05, 0) is 37.0 Å². The second-order valence-electron chi connectivity index (χ2n) is 5.77. The monoisotopic (exact) mass is 278 g/mol. The number of nitrogens with zero attached hydrogens (tertiary/aromatic N) is 3. The number of hydrogen-bond acceptors (Lipinski definition) is 3. The summed E-state index contributed by atoms with van der Waals surface area (Å²) in [5.41, 5.74) is 6.41. The highest BCUT2D eigenvalue weighted by Crippen LogP contribution is 2.30. The minimum Gasteiger partial charge on any atom is -0.355 e. The van der Waals surface area contributed by atoms with Crippen LogP contribution >= 0.6 is 0 Å². The van der Waals surface area contributed by atoms with Crippen molar-refractivity contribution in [2.24, 2.45) is 0 Å². The fourth-order valence-corrected chi connectivity index (χ4v) is 3.16. The number of aryl methyl sites for hydroxylation is 2. The third-order valence-electron chi connectivity index (χ3n) is 4.54. The van der Waals surface area contributed by atoms with Gasteiger partial charge in [0.2, 0.25) is 0 Å². The van der Waals surface area contributed by atoms with Gasteiger partial charge in [-0.15, -0.1) is 5.10 Å². The van der Waals surface area contributed by atoms with Gasteiger partial charge in [0.1, 0.15) is 0 Å². The number of aromatic amines is 1. The highest BCUT2D eigenvalue weighted by atomic mass is 15.3. The van der Waals surface area contributed by atoms with E-state index in [4.69, 9.17) is 0 Å². The third kappa shape index (κ3) is 1.90. The molecule has 3 heterocycles. The van der Waals surface area contributed by atoms with E-state index >= 15 is 0 Å². The lowest BCUT2D eigenvalue weighted by atomic mass is 10.00. The molecule has 21 heavy (non-hydrogen) atoms. The normalized spacial score (nSPS) is 14.5. The van der Waals surface area contributed by atoms with E-state index in [1.54, 1.807) is 0 Å². The maximum absolute atomic E-state index is 4.40. The average Bonchev–Trinajstić information content (AvgIpc) is 2.82. The fourth-order valence-electron chi connectivity index (χ4n) is 3.16. The smallest absolute Gasteiger partial charge is 0.175 e. The second kappa shape index (κ2) is 4.58. The fraction of sp³-hybridized carbons (Fsp3) is 0.294. The predicted molar refractivity (Wildman–Crippen MR) is 84.6 cm³/mol. The van der Waals surface area contributed by atoms with E-state index in [1.807, 2.05) is 6.20 Å². The van der Waals surface area contributed by atoms with E-state index in [2.05, 4.69) is 58.2 Å². The molecule has 0 saturated heterocycles. The number of aromatic nitrogens is 3. The van der Waals surface area contributed by atoms with Crippen LogP contribution in [0.15, 0.2) is 30.5 Å². The van der Waals surface area contributed by atoms with Gasteiger partial charge in [0.05, 0.1) is 11.7 Å². The van der Waals surface area contributed by atoms with Gasteiger partial charge < -0.3 is 9.88 Å². The first-order valence-corrected chi connectivity index (χ1v) is 7.36.